The molecule has 0 aliphatic rings. The average Bonchev–Trinajstić information content (AvgIpc) is 3.04. The first-order chi connectivity index (χ1) is 28.8. The van der Waals surface area contributed by atoms with E-state index in [-0.39, 0.29) is 85.3 Å². The van der Waals surface area contributed by atoms with Gasteiger partial charge in [0.25, 0.3) is 0 Å². The Balaban J connectivity index is -0.000000128. The van der Waals surface area contributed by atoms with Crippen LogP contribution in [0.15, 0.2) is 0 Å². The molecule has 5 radical (unpaired) electrons. The van der Waals surface area contributed by atoms with Gasteiger partial charge in [0, 0.05) is 78.5 Å². The summed E-state index contributed by atoms with van der Waals surface area (Å²) < 4.78 is 0. The summed E-state index contributed by atoms with van der Waals surface area (Å²) in [5.74, 6) is -20.4. The van der Waals surface area contributed by atoms with E-state index in [1.54, 1.807) is 0 Å². The van der Waals surface area contributed by atoms with Crippen molar-refractivity contribution in [3.63, 3.8) is 0 Å². The first-order valence-electron chi connectivity index (χ1n) is 16.6. The maximum Gasteiger partial charge on any atom is 3.00 e. The van der Waals surface area contributed by atoms with E-state index >= 15 is 0 Å². The summed E-state index contributed by atoms with van der Waals surface area (Å²) in [5, 5.41) is 160. The van der Waals surface area contributed by atoms with E-state index in [0.29, 0.717) is 29.4 Å². The van der Waals surface area contributed by atoms with Gasteiger partial charge in [0.1, 0.15) is 0 Å². The SMILES string of the molecule is O=C([O-])CN(CC(=O)[O-])CC([O-])N(CC(=O)[O-])CC(=O)[O-].O=C([O-])CN(CC(=O)[O-])CC([O-])N(CC(=O)[O-])CC(=O)[O-].O=C([O-])CN(CC(=O)[O-])CC([O-])N(CC(=O)[O-])CC(=O)[O-].[Fe+3].[Fe+3].[Fe+3].[Fe+3].[Fe+3]. The molecule has 0 aliphatic heterocycles. The zero-order chi connectivity index (χ0) is 49.7. The van der Waals surface area contributed by atoms with Crippen molar-refractivity contribution in [2.45, 2.75) is 18.7 Å². The summed E-state index contributed by atoms with van der Waals surface area (Å²) in [6, 6.07) is 0. The van der Waals surface area contributed by atoms with Gasteiger partial charge < -0.3 is 149 Å². The monoisotopic (exact) mass is 1190 g/mol. The van der Waals surface area contributed by atoms with Crippen LogP contribution in [0, 0.1) is 0 Å². The van der Waals surface area contributed by atoms with Crippen LogP contribution in [-0.2, 0) is 143 Å². The zero-order valence-electron chi connectivity index (χ0n) is 33.8. The van der Waals surface area contributed by atoms with Crippen molar-refractivity contribution in [1.29, 1.82) is 0 Å². The van der Waals surface area contributed by atoms with Crippen molar-refractivity contribution in [2.24, 2.45) is 0 Å². The van der Waals surface area contributed by atoms with Crippen molar-refractivity contribution < 1.29 is 219 Å². The number of hydrogen-bond acceptors (Lipinski definition) is 33. The Kier molecular flexibility index (Phi) is 52.5. The molecule has 0 saturated carbocycles. The Morgan fingerprint density at radius 2 is 0.338 bits per heavy atom. The zero-order valence-corrected chi connectivity index (χ0v) is 39.3. The maximum atomic E-state index is 11.7. The number of carboxylic acids is 12. The van der Waals surface area contributed by atoms with Gasteiger partial charge in [-0.05, 0) is 19.6 Å². The van der Waals surface area contributed by atoms with Crippen LogP contribution in [0.25, 0.3) is 0 Å². The molecule has 0 heterocycles. The van der Waals surface area contributed by atoms with E-state index in [4.69, 9.17) is 0 Å². The van der Waals surface area contributed by atoms with Gasteiger partial charge in [-0.15, -0.1) is 0 Å². The quantitative estimate of drug-likeness (QED) is 0.0435. The minimum absolute atomic E-state index is 0. The van der Waals surface area contributed by atoms with Gasteiger partial charge in [-0.3, -0.25) is 14.7 Å². The molecule has 38 heteroatoms. The second-order valence-electron chi connectivity index (χ2n) is 12.1. The predicted molar refractivity (Wildman–Crippen MR) is 155 cm³/mol. The summed E-state index contributed by atoms with van der Waals surface area (Å²) in [7, 11) is 0. The second-order valence-corrected chi connectivity index (χ2v) is 12.1. The number of carbonyl (C=O) groups excluding carboxylic acids is 12. The van der Waals surface area contributed by atoms with Crippen molar-refractivity contribution in [2.75, 3.05) is 98.2 Å². The van der Waals surface area contributed by atoms with Crippen molar-refractivity contribution in [3.8, 4) is 0 Å². The van der Waals surface area contributed by atoms with Crippen LogP contribution >= 0.6 is 0 Å². The van der Waals surface area contributed by atoms with Crippen LogP contribution in [0.5, 0.6) is 0 Å². The fourth-order valence-electron chi connectivity index (χ4n) is 4.43. The third kappa shape index (κ3) is 49.8. The topological polar surface area (TPSA) is 570 Å². The maximum absolute atomic E-state index is 11.7. The number of carbonyl (C=O) groups is 12. The second kappa shape index (κ2) is 44.1. The van der Waals surface area contributed by atoms with Crippen LogP contribution in [0.4, 0.5) is 0 Å². The molecular formula is C30H33Fe5N6O27. The number of aliphatic carboxylic acids is 12. The van der Waals surface area contributed by atoms with E-state index in [9.17, 15) is 134 Å². The van der Waals surface area contributed by atoms with E-state index in [1.165, 1.54) is 0 Å². The van der Waals surface area contributed by atoms with Crippen LogP contribution in [0.1, 0.15) is 0 Å². The van der Waals surface area contributed by atoms with Gasteiger partial charge in [0.15, 0.2) is 0 Å². The summed E-state index contributed by atoms with van der Waals surface area (Å²) >= 11 is 0. The normalized spacial score (nSPS) is 11.4. The van der Waals surface area contributed by atoms with Gasteiger partial charge in [0.2, 0.25) is 0 Å². The molecule has 0 amide bonds. The van der Waals surface area contributed by atoms with Crippen molar-refractivity contribution in [1.82, 2.24) is 29.4 Å². The Morgan fingerprint density at radius 3 is 0.426 bits per heavy atom. The third-order valence-corrected chi connectivity index (χ3v) is 6.57. The minimum Gasteiger partial charge on any atom is -0.840 e. The Labute approximate surface area is 435 Å². The van der Waals surface area contributed by atoms with Gasteiger partial charge >= 0.3 is 85.3 Å². The fraction of sp³-hybridized carbons (Fsp3) is 0.600. The Morgan fingerprint density at radius 1 is 0.235 bits per heavy atom. The molecule has 0 rings (SSSR count). The number of carboxylic acid groups (broad SMARTS) is 12. The molecule has 0 saturated heterocycles. The summed E-state index contributed by atoms with van der Waals surface area (Å²) in [5.41, 5.74) is 0. The summed E-state index contributed by atoms with van der Waals surface area (Å²) in [6.45, 7) is -14.1. The molecular weight excluding hydrogens is 1160 g/mol. The first-order valence-corrected chi connectivity index (χ1v) is 16.6. The summed E-state index contributed by atoms with van der Waals surface area (Å²) in [4.78, 5) is 128. The fourth-order valence-corrected chi connectivity index (χ4v) is 4.43. The average molecular weight is 1190 g/mol. The molecule has 3 unspecified atom stereocenters. The van der Waals surface area contributed by atoms with Gasteiger partial charge in [-0.2, -0.15) is 0 Å². The molecule has 0 aromatic heterocycles. The standard InChI is InChI=1S/3C10H15N2O9.5Fe/c3*13-6(12(4-9(18)19)5-10(20)21)1-11(2-7(14)15)3-8(16)17;;;;;/h3*6H,1-5H2,(H,14,15)(H,16,17)(H,18,19)(H,20,21);;;;;/q3*-1;5*+3/p-12. The van der Waals surface area contributed by atoms with Crippen molar-refractivity contribution >= 4 is 71.6 Å². The smallest absolute Gasteiger partial charge is 0.840 e. The molecule has 0 bridgehead atoms. The van der Waals surface area contributed by atoms with E-state index in [1.807, 2.05) is 0 Å². The van der Waals surface area contributed by atoms with Gasteiger partial charge in [0.05, 0.1) is 71.6 Å². The van der Waals surface area contributed by atoms with Crippen LogP contribution in [-0.4, -0.2) is 218 Å². The van der Waals surface area contributed by atoms with Crippen LogP contribution < -0.4 is 76.6 Å². The predicted octanol–water partition coefficient (Wildman–Crippen LogP) is -26.2. The molecule has 0 aliphatic carbocycles. The molecule has 0 aromatic rings. The third-order valence-electron chi connectivity index (χ3n) is 6.57. The molecule has 385 valence electrons. The number of nitrogens with zero attached hydrogens (tertiary/aromatic N) is 6. The molecule has 0 spiro atoms. The molecule has 33 nitrogen and oxygen atoms in total. The first kappa shape index (κ1) is 80.9. The van der Waals surface area contributed by atoms with Gasteiger partial charge in [-0.1, -0.05) is 18.7 Å². The minimum atomic E-state index is -2.03. The largest absolute Gasteiger partial charge is 3.00 e. The number of rotatable bonds is 33. The molecule has 0 aromatic carbocycles. The molecule has 3 atom stereocenters. The van der Waals surface area contributed by atoms with Crippen LogP contribution in [0.2, 0.25) is 0 Å². The Bertz CT molecular complexity index is 1340. The molecule has 0 fully saturated rings. The molecule has 68 heavy (non-hydrogen) atoms. The van der Waals surface area contributed by atoms with E-state index in [2.05, 4.69) is 0 Å². The Hall–Kier alpha value is -4.12. The van der Waals surface area contributed by atoms with E-state index in [0.717, 1.165) is 0 Å². The van der Waals surface area contributed by atoms with Crippen LogP contribution in [0.3, 0.4) is 0 Å². The van der Waals surface area contributed by atoms with E-state index < -0.39 is 188 Å². The molecule has 0 N–H and O–H groups in total. The summed E-state index contributed by atoms with van der Waals surface area (Å²) in [6.07, 6.45) is -6.08. The van der Waals surface area contributed by atoms with Gasteiger partial charge in [-0.25, -0.2) is 0 Å². The number of hydrogen-bond donors (Lipinski definition) is 0. The van der Waals surface area contributed by atoms with Crippen molar-refractivity contribution in [3.05, 3.63) is 0 Å².